The van der Waals surface area contributed by atoms with Crippen molar-refractivity contribution >= 4 is 23.1 Å². The summed E-state index contributed by atoms with van der Waals surface area (Å²) >= 11 is 0. The maximum Gasteiger partial charge on any atom is 0.300 e. The van der Waals surface area contributed by atoms with Crippen LogP contribution in [0.4, 0.5) is 5.69 Å². The van der Waals surface area contributed by atoms with Crippen LogP contribution in [-0.4, -0.2) is 35.0 Å². The lowest BCUT2D eigenvalue weighted by atomic mass is 9.97. The van der Waals surface area contributed by atoms with Crippen LogP contribution >= 0.6 is 0 Å². The topological polar surface area (TPSA) is 89.0 Å². The number of anilines is 1. The highest BCUT2D eigenvalue weighted by atomic mass is 16.5. The molecule has 0 saturated carbocycles. The minimum atomic E-state index is -0.883. The van der Waals surface area contributed by atoms with Crippen LogP contribution in [0.1, 0.15) is 36.7 Å². The molecule has 0 spiro atoms. The quantitative estimate of drug-likeness (QED) is 0.310. The molecule has 1 amide bonds. The van der Waals surface area contributed by atoms with Gasteiger partial charge in [0.05, 0.1) is 24.5 Å². The van der Waals surface area contributed by atoms with Gasteiger partial charge in [-0.25, -0.2) is 0 Å². The molecule has 34 heavy (non-hydrogen) atoms. The summed E-state index contributed by atoms with van der Waals surface area (Å²) in [6.45, 7) is 6.66. The number of benzene rings is 2. The van der Waals surface area contributed by atoms with E-state index in [1.54, 1.807) is 66.9 Å². The molecule has 7 heteroatoms. The Hall–Kier alpha value is -4.13. The second-order valence-electron chi connectivity index (χ2n) is 7.76. The third kappa shape index (κ3) is 4.24. The summed E-state index contributed by atoms with van der Waals surface area (Å²) in [5.74, 6) is -0.413. The van der Waals surface area contributed by atoms with Gasteiger partial charge in [-0.2, -0.15) is 0 Å². The van der Waals surface area contributed by atoms with Gasteiger partial charge in [0.1, 0.15) is 23.3 Å². The van der Waals surface area contributed by atoms with Crippen LogP contribution in [0.25, 0.3) is 5.76 Å². The number of aryl methyl sites for hydroxylation is 1. The van der Waals surface area contributed by atoms with Crippen LogP contribution < -0.4 is 14.4 Å². The van der Waals surface area contributed by atoms with Gasteiger partial charge in [-0.05, 0) is 80.9 Å². The Balaban J connectivity index is 1.85. The average molecular weight is 459 g/mol. The lowest BCUT2D eigenvalue weighted by Crippen LogP contribution is -2.29. The Morgan fingerprint density at radius 1 is 1.00 bits per heavy atom. The molecule has 0 bridgehead atoms. The number of carbonyl (C=O) groups is 2. The first-order valence-corrected chi connectivity index (χ1v) is 11.1. The third-order valence-electron chi connectivity index (χ3n) is 5.59. The first-order chi connectivity index (χ1) is 16.5. The van der Waals surface area contributed by atoms with E-state index in [9.17, 15) is 14.7 Å². The highest BCUT2D eigenvalue weighted by Gasteiger charge is 2.47. The maximum absolute atomic E-state index is 13.2. The number of aliphatic hydroxyl groups excluding tert-OH is 1. The highest BCUT2D eigenvalue weighted by molar-refractivity contribution is 6.51. The van der Waals surface area contributed by atoms with Gasteiger partial charge in [-0.15, -0.1) is 0 Å². The van der Waals surface area contributed by atoms with Gasteiger partial charge in [-0.3, -0.25) is 19.5 Å². The highest BCUT2D eigenvalue weighted by Crippen LogP contribution is 2.42. The number of carbonyl (C=O) groups excluding carboxylic acids is 2. The van der Waals surface area contributed by atoms with E-state index >= 15 is 0 Å². The number of rotatable bonds is 7. The summed E-state index contributed by atoms with van der Waals surface area (Å²) < 4.78 is 11.1. The zero-order valence-electron chi connectivity index (χ0n) is 19.3. The number of aliphatic hydroxyl groups is 1. The standard InChI is InChI=1S/C27H26N2O5/c1-4-33-20-12-10-19(11-13-20)29-24(21-8-6-7-15-28-21)23(26(31)27(29)32)25(30)18-9-14-22(34-5-2)17(3)16-18/h6-16,24,30H,4-5H2,1-3H3/b25-23-. The summed E-state index contributed by atoms with van der Waals surface area (Å²) in [7, 11) is 0. The second kappa shape index (κ2) is 9.79. The third-order valence-corrected chi connectivity index (χ3v) is 5.59. The van der Waals surface area contributed by atoms with E-state index in [0.29, 0.717) is 41.7 Å². The molecule has 1 unspecified atom stereocenters. The van der Waals surface area contributed by atoms with E-state index in [1.807, 2.05) is 20.8 Å². The Bertz CT molecular complexity index is 1240. The molecular weight excluding hydrogens is 432 g/mol. The number of ketones is 1. The Morgan fingerprint density at radius 3 is 2.35 bits per heavy atom. The van der Waals surface area contributed by atoms with Crippen LogP contribution in [0.2, 0.25) is 0 Å². The molecule has 2 aromatic carbocycles. The molecule has 1 atom stereocenters. The van der Waals surface area contributed by atoms with Crippen molar-refractivity contribution in [3.05, 3.63) is 89.3 Å². The Morgan fingerprint density at radius 2 is 1.74 bits per heavy atom. The lowest BCUT2D eigenvalue weighted by molar-refractivity contribution is -0.132. The van der Waals surface area contributed by atoms with Gasteiger partial charge in [0.25, 0.3) is 11.7 Å². The molecule has 174 valence electrons. The molecule has 4 rings (SSSR count). The van der Waals surface area contributed by atoms with Gasteiger partial charge in [-0.1, -0.05) is 6.07 Å². The molecule has 1 fully saturated rings. The van der Waals surface area contributed by atoms with E-state index < -0.39 is 17.7 Å². The molecule has 1 aliphatic heterocycles. The zero-order chi connectivity index (χ0) is 24.2. The minimum Gasteiger partial charge on any atom is -0.507 e. The van der Waals surface area contributed by atoms with Crippen LogP contribution in [-0.2, 0) is 9.59 Å². The van der Waals surface area contributed by atoms with Crippen LogP contribution in [0.5, 0.6) is 11.5 Å². The first kappa shape index (κ1) is 23.0. The van der Waals surface area contributed by atoms with Gasteiger partial charge in [0.15, 0.2) is 0 Å². The zero-order valence-corrected chi connectivity index (χ0v) is 19.3. The number of aromatic nitrogens is 1. The molecule has 2 heterocycles. The van der Waals surface area contributed by atoms with Crippen molar-refractivity contribution in [2.24, 2.45) is 0 Å². The molecule has 1 N–H and O–H groups in total. The number of amides is 1. The van der Waals surface area contributed by atoms with E-state index in [0.717, 1.165) is 5.56 Å². The predicted octanol–water partition coefficient (Wildman–Crippen LogP) is 4.81. The van der Waals surface area contributed by atoms with Gasteiger partial charge in [0.2, 0.25) is 0 Å². The van der Waals surface area contributed by atoms with Crippen molar-refractivity contribution in [2.75, 3.05) is 18.1 Å². The van der Waals surface area contributed by atoms with Crippen LogP contribution in [0, 0.1) is 6.92 Å². The summed E-state index contributed by atoms with van der Waals surface area (Å²) in [4.78, 5) is 32.2. The number of Topliss-reactive ketones (excluding diaryl/α,β-unsaturated/α-hetero) is 1. The van der Waals surface area contributed by atoms with Crippen molar-refractivity contribution in [1.29, 1.82) is 0 Å². The molecule has 0 radical (unpaired) electrons. The average Bonchev–Trinajstić information content (AvgIpc) is 3.12. The number of pyridine rings is 1. The number of nitrogens with zero attached hydrogens (tertiary/aromatic N) is 2. The molecule has 7 nitrogen and oxygen atoms in total. The summed E-state index contributed by atoms with van der Waals surface area (Å²) in [5.41, 5.74) is 2.19. The van der Waals surface area contributed by atoms with Crippen molar-refractivity contribution in [1.82, 2.24) is 4.98 Å². The minimum absolute atomic E-state index is 0.0128. The van der Waals surface area contributed by atoms with E-state index in [4.69, 9.17) is 9.47 Å². The van der Waals surface area contributed by atoms with Gasteiger partial charge in [0, 0.05) is 17.4 Å². The molecular formula is C27H26N2O5. The van der Waals surface area contributed by atoms with Gasteiger partial charge < -0.3 is 14.6 Å². The number of hydrogen-bond acceptors (Lipinski definition) is 6. The fourth-order valence-electron chi connectivity index (χ4n) is 4.06. The largest absolute Gasteiger partial charge is 0.507 e. The first-order valence-electron chi connectivity index (χ1n) is 11.1. The normalized spacial score (nSPS) is 17.1. The van der Waals surface area contributed by atoms with Crippen molar-refractivity contribution in [3.8, 4) is 11.5 Å². The van der Waals surface area contributed by atoms with Crippen LogP contribution in [0.15, 0.2) is 72.4 Å². The molecule has 1 aliphatic rings. The number of ether oxygens (including phenoxy) is 2. The van der Waals surface area contributed by atoms with Crippen molar-refractivity contribution in [2.45, 2.75) is 26.8 Å². The van der Waals surface area contributed by atoms with E-state index in [2.05, 4.69) is 4.98 Å². The summed E-state index contributed by atoms with van der Waals surface area (Å²) in [5, 5.41) is 11.3. The van der Waals surface area contributed by atoms with E-state index in [1.165, 1.54) is 4.90 Å². The molecule has 3 aromatic rings. The van der Waals surface area contributed by atoms with Crippen LogP contribution in [0.3, 0.4) is 0 Å². The summed E-state index contributed by atoms with van der Waals surface area (Å²) in [6.07, 6.45) is 1.59. The monoisotopic (exact) mass is 458 g/mol. The smallest absolute Gasteiger partial charge is 0.300 e. The lowest BCUT2D eigenvalue weighted by Gasteiger charge is -2.24. The second-order valence-corrected chi connectivity index (χ2v) is 7.76. The summed E-state index contributed by atoms with van der Waals surface area (Å²) in [6, 6.07) is 16.4. The van der Waals surface area contributed by atoms with Crippen molar-refractivity contribution < 1.29 is 24.2 Å². The maximum atomic E-state index is 13.2. The van der Waals surface area contributed by atoms with Crippen molar-refractivity contribution in [3.63, 3.8) is 0 Å². The molecule has 1 aromatic heterocycles. The number of hydrogen-bond donors (Lipinski definition) is 1. The molecule has 1 saturated heterocycles. The van der Waals surface area contributed by atoms with E-state index in [-0.39, 0.29) is 11.3 Å². The Kier molecular flexibility index (Phi) is 6.63. The van der Waals surface area contributed by atoms with Gasteiger partial charge >= 0.3 is 0 Å². The SMILES string of the molecule is CCOc1ccc(N2C(=O)C(=O)/C(=C(\O)c3ccc(OCC)c(C)c3)C2c2ccccn2)cc1. The fraction of sp³-hybridized carbons (Fsp3) is 0.222. The fourth-order valence-corrected chi connectivity index (χ4v) is 4.06. The molecule has 0 aliphatic carbocycles. The Labute approximate surface area is 198 Å². The predicted molar refractivity (Wildman–Crippen MR) is 129 cm³/mol.